The average molecular weight is 439 g/mol. The van der Waals surface area contributed by atoms with Crippen molar-refractivity contribution in [2.45, 2.75) is 62.9 Å². The van der Waals surface area contributed by atoms with E-state index in [0.717, 1.165) is 25.7 Å². The van der Waals surface area contributed by atoms with E-state index in [4.69, 9.17) is 21.1 Å². The number of hydrogen-bond acceptors (Lipinski definition) is 6. The molecule has 0 radical (unpaired) electrons. The zero-order chi connectivity index (χ0) is 21.5. The van der Waals surface area contributed by atoms with Crippen molar-refractivity contribution in [2.24, 2.45) is 11.8 Å². The number of unbranched alkanes of at least 4 members (excludes halogenated alkanes) is 1. The summed E-state index contributed by atoms with van der Waals surface area (Å²) in [5, 5.41) is 21.2. The second-order valence-corrected chi connectivity index (χ2v) is 8.56. The molecule has 3 rings (SSSR count). The number of carbonyl (C=O) groups is 1. The SMILES string of the molecule is COC(=O)CCCCC1C[C@@H]2[C@@H](C=C[C@@H](O)COc3cccc(Cl)c3)[C@H](O)C[C@H]2O1. The Labute approximate surface area is 182 Å². The Hall–Kier alpha value is -1.60. The lowest BCUT2D eigenvalue weighted by molar-refractivity contribution is -0.140. The highest BCUT2D eigenvalue weighted by Gasteiger charge is 2.47. The van der Waals surface area contributed by atoms with Gasteiger partial charge < -0.3 is 24.4 Å². The third kappa shape index (κ3) is 6.45. The molecule has 0 amide bonds. The molecule has 1 unspecified atom stereocenters. The van der Waals surface area contributed by atoms with Crippen LogP contribution in [0.2, 0.25) is 5.02 Å². The second kappa shape index (κ2) is 11.1. The topological polar surface area (TPSA) is 85.2 Å². The highest BCUT2D eigenvalue weighted by Crippen LogP contribution is 2.45. The summed E-state index contributed by atoms with van der Waals surface area (Å²) in [6.45, 7) is 0.118. The number of halogens is 1. The number of fused-ring (bicyclic) bond motifs is 1. The first-order chi connectivity index (χ1) is 14.5. The lowest BCUT2D eigenvalue weighted by Gasteiger charge is -2.18. The van der Waals surface area contributed by atoms with Crippen molar-refractivity contribution in [2.75, 3.05) is 13.7 Å². The number of ether oxygens (including phenoxy) is 3. The zero-order valence-corrected chi connectivity index (χ0v) is 18.0. The maximum atomic E-state index is 11.2. The molecule has 2 aliphatic rings. The molecule has 0 spiro atoms. The first kappa shape index (κ1) is 23.1. The van der Waals surface area contributed by atoms with Crippen LogP contribution in [0.25, 0.3) is 0 Å². The lowest BCUT2D eigenvalue weighted by Crippen LogP contribution is -2.20. The summed E-state index contributed by atoms with van der Waals surface area (Å²) in [5.41, 5.74) is 0. The highest BCUT2D eigenvalue weighted by atomic mass is 35.5. The average Bonchev–Trinajstić information content (AvgIpc) is 3.24. The van der Waals surface area contributed by atoms with E-state index in [0.29, 0.717) is 23.6 Å². The van der Waals surface area contributed by atoms with Gasteiger partial charge in [-0.1, -0.05) is 36.2 Å². The van der Waals surface area contributed by atoms with Crippen LogP contribution in [0.3, 0.4) is 0 Å². The number of rotatable bonds is 10. The molecule has 166 valence electrons. The molecule has 7 heteroatoms. The highest BCUT2D eigenvalue weighted by molar-refractivity contribution is 6.30. The van der Waals surface area contributed by atoms with Crippen LogP contribution >= 0.6 is 11.6 Å². The summed E-state index contributed by atoms with van der Waals surface area (Å²) in [6.07, 6.45) is 7.17. The molecule has 1 saturated heterocycles. The van der Waals surface area contributed by atoms with E-state index in [-0.39, 0.29) is 36.6 Å². The van der Waals surface area contributed by atoms with Gasteiger partial charge in [0.05, 0.1) is 25.4 Å². The van der Waals surface area contributed by atoms with Crippen LogP contribution < -0.4 is 4.74 Å². The number of hydrogen-bond donors (Lipinski definition) is 2. The molecule has 0 bridgehead atoms. The molecule has 30 heavy (non-hydrogen) atoms. The molecule has 1 aromatic rings. The molecular formula is C23H31ClO6. The van der Waals surface area contributed by atoms with Gasteiger partial charge in [-0.05, 0) is 43.4 Å². The van der Waals surface area contributed by atoms with Gasteiger partial charge in [0.2, 0.25) is 0 Å². The van der Waals surface area contributed by atoms with Crippen LogP contribution in [0, 0.1) is 11.8 Å². The van der Waals surface area contributed by atoms with E-state index >= 15 is 0 Å². The Kier molecular flexibility index (Phi) is 8.57. The molecule has 6 nitrogen and oxygen atoms in total. The fourth-order valence-electron chi connectivity index (χ4n) is 4.43. The fraction of sp³-hybridized carbons (Fsp3) is 0.609. The van der Waals surface area contributed by atoms with Gasteiger partial charge >= 0.3 is 5.97 Å². The smallest absolute Gasteiger partial charge is 0.305 e. The van der Waals surface area contributed by atoms with Crippen LogP contribution in [0.1, 0.15) is 38.5 Å². The number of carbonyl (C=O) groups excluding carboxylic acids is 1. The molecule has 6 atom stereocenters. The summed E-state index contributed by atoms with van der Waals surface area (Å²) in [5.74, 6) is 0.652. The minimum absolute atomic E-state index is 0.0316. The van der Waals surface area contributed by atoms with Crippen molar-refractivity contribution >= 4 is 17.6 Å². The summed E-state index contributed by atoms with van der Waals surface area (Å²) < 4.78 is 16.4. The number of benzene rings is 1. The normalized spacial score (nSPS) is 29.1. The molecular weight excluding hydrogens is 408 g/mol. The Morgan fingerprint density at radius 3 is 2.97 bits per heavy atom. The minimum atomic E-state index is -0.772. The van der Waals surface area contributed by atoms with Crippen molar-refractivity contribution in [3.05, 3.63) is 41.4 Å². The molecule has 1 aromatic carbocycles. The first-order valence-corrected chi connectivity index (χ1v) is 11.0. The maximum absolute atomic E-state index is 11.2. The van der Waals surface area contributed by atoms with Gasteiger partial charge in [0.25, 0.3) is 0 Å². The third-order valence-corrected chi connectivity index (χ3v) is 6.18. The van der Waals surface area contributed by atoms with Gasteiger partial charge in [0, 0.05) is 23.8 Å². The standard InChI is InChI=1S/C23H31ClO6/c1-28-23(27)8-3-2-6-18-12-20-19(21(26)13-22(20)30-18)10-9-16(25)14-29-17-7-4-5-15(24)11-17/h4-5,7,9-11,16,18-22,25-26H,2-3,6,8,12-14H2,1H3/t16-,18?,19-,20-,21-,22-/m1/s1. The summed E-state index contributed by atoms with van der Waals surface area (Å²) >= 11 is 5.93. The Bertz CT molecular complexity index is 723. The molecule has 1 saturated carbocycles. The predicted octanol–water partition coefficient (Wildman–Crippen LogP) is 3.52. The molecule has 1 aliphatic heterocycles. The number of methoxy groups -OCH3 is 1. The van der Waals surface area contributed by atoms with Crippen molar-refractivity contribution in [3.8, 4) is 5.75 Å². The van der Waals surface area contributed by atoms with Gasteiger partial charge in [0.15, 0.2) is 0 Å². The Morgan fingerprint density at radius 2 is 2.20 bits per heavy atom. The molecule has 1 heterocycles. The molecule has 2 fully saturated rings. The maximum Gasteiger partial charge on any atom is 0.305 e. The predicted molar refractivity (Wildman–Crippen MR) is 113 cm³/mol. The lowest BCUT2D eigenvalue weighted by atomic mass is 9.89. The van der Waals surface area contributed by atoms with Crippen molar-refractivity contribution in [3.63, 3.8) is 0 Å². The fourth-order valence-corrected chi connectivity index (χ4v) is 4.61. The van der Waals surface area contributed by atoms with Gasteiger partial charge in [-0.2, -0.15) is 0 Å². The van der Waals surface area contributed by atoms with E-state index in [1.807, 2.05) is 6.08 Å². The minimum Gasteiger partial charge on any atom is -0.491 e. The van der Waals surface area contributed by atoms with E-state index in [2.05, 4.69) is 4.74 Å². The Balaban J connectivity index is 1.43. The van der Waals surface area contributed by atoms with Gasteiger partial charge in [-0.25, -0.2) is 0 Å². The summed E-state index contributed by atoms with van der Waals surface area (Å²) in [7, 11) is 1.41. The first-order valence-electron chi connectivity index (χ1n) is 10.6. The summed E-state index contributed by atoms with van der Waals surface area (Å²) in [4.78, 5) is 11.2. The van der Waals surface area contributed by atoms with Crippen LogP contribution in [-0.2, 0) is 14.3 Å². The van der Waals surface area contributed by atoms with Crippen LogP contribution in [0.15, 0.2) is 36.4 Å². The van der Waals surface area contributed by atoms with Crippen molar-refractivity contribution in [1.82, 2.24) is 0 Å². The van der Waals surface area contributed by atoms with Crippen LogP contribution in [0.5, 0.6) is 5.75 Å². The van der Waals surface area contributed by atoms with Gasteiger partial charge in [-0.3, -0.25) is 4.79 Å². The third-order valence-electron chi connectivity index (χ3n) is 5.95. The van der Waals surface area contributed by atoms with Gasteiger partial charge in [-0.15, -0.1) is 0 Å². The van der Waals surface area contributed by atoms with E-state index in [1.165, 1.54) is 7.11 Å². The quantitative estimate of drug-likeness (QED) is 0.330. The molecule has 0 aromatic heterocycles. The second-order valence-electron chi connectivity index (χ2n) is 8.12. The zero-order valence-electron chi connectivity index (χ0n) is 17.3. The van der Waals surface area contributed by atoms with E-state index in [9.17, 15) is 15.0 Å². The number of esters is 1. The van der Waals surface area contributed by atoms with E-state index in [1.54, 1.807) is 30.3 Å². The van der Waals surface area contributed by atoms with Crippen LogP contribution in [-0.4, -0.2) is 54.3 Å². The Morgan fingerprint density at radius 1 is 1.37 bits per heavy atom. The van der Waals surface area contributed by atoms with Crippen molar-refractivity contribution in [1.29, 1.82) is 0 Å². The largest absolute Gasteiger partial charge is 0.491 e. The van der Waals surface area contributed by atoms with Gasteiger partial charge in [0.1, 0.15) is 18.5 Å². The summed E-state index contributed by atoms with van der Waals surface area (Å²) in [6, 6.07) is 7.04. The molecule has 2 N–H and O–H groups in total. The van der Waals surface area contributed by atoms with E-state index < -0.39 is 12.2 Å². The number of aliphatic hydroxyl groups is 2. The van der Waals surface area contributed by atoms with Crippen molar-refractivity contribution < 1.29 is 29.2 Å². The molecule has 1 aliphatic carbocycles. The number of aliphatic hydroxyl groups excluding tert-OH is 2. The van der Waals surface area contributed by atoms with Crippen LogP contribution in [0.4, 0.5) is 0 Å². The monoisotopic (exact) mass is 438 g/mol.